The number of rotatable bonds is 6. The van der Waals surface area contributed by atoms with Crippen LogP contribution in [-0.4, -0.2) is 129 Å². The molecule has 0 aromatic carbocycles. The summed E-state index contributed by atoms with van der Waals surface area (Å²) < 4.78 is 22.5. The zero-order chi connectivity index (χ0) is 23.0. The summed E-state index contributed by atoms with van der Waals surface area (Å²) in [6.45, 7) is -0.673. The maximum atomic E-state index is 10.6. The molecule has 0 aromatic heterocycles. The fourth-order valence-corrected chi connectivity index (χ4v) is 4.16. The van der Waals surface area contributed by atoms with Gasteiger partial charge in [0.05, 0.1) is 18.8 Å². The number of aliphatic hydroxyl groups excluding tert-OH is 6. The molecule has 3 fully saturated rings. The van der Waals surface area contributed by atoms with Crippen LogP contribution in [0.4, 0.5) is 0 Å². The highest BCUT2D eigenvalue weighted by molar-refractivity contribution is 5.01. The summed E-state index contributed by atoms with van der Waals surface area (Å²) in [5, 5.41) is 60.3. The predicted molar refractivity (Wildman–Crippen MR) is 102 cm³/mol. The van der Waals surface area contributed by atoms with Crippen molar-refractivity contribution < 1.29 is 49.6 Å². The second-order valence-electron chi connectivity index (χ2n) is 8.30. The molecule has 2 saturated heterocycles. The molecule has 14 nitrogen and oxygen atoms in total. The maximum Gasteiger partial charge on any atom is 0.187 e. The second-order valence-corrected chi connectivity index (χ2v) is 8.30. The van der Waals surface area contributed by atoms with E-state index in [9.17, 15) is 30.6 Å². The molecule has 182 valence electrons. The first kappa shape index (κ1) is 25.1. The molecule has 5 unspecified atom stereocenters. The minimum absolute atomic E-state index is 0.0716. The van der Waals surface area contributed by atoms with Crippen LogP contribution in [0.2, 0.25) is 0 Å². The lowest BCUT2D eigenvalue weighted by Crippen LogP contribution is -2.68. The van der Waals surface area contributed by atoms with E-state index in [2.05, 4.69) is 0 Å². The third-order valence-corrected chi connectivity index (χ3v) is 6.13. The topological polar surface area (TPSA) is 262 Å². The van der Waals surface area contributed by atoms with Crippen molar-refractivity contribution in [1.82, 2.24) is 0 Å². The van der Waals surface area contributed by atoms with Gasteiger partial charge in [-0.05, 0) is 6.42 Å². The van der Waals surface area contributed by atoms with E-state index in [-0.39, 0.29) is 13.0 Å². The first-order chi connectivity index (χ1) is 14.6. The molecule has 14 N–H and O–H groups in total. The Labute approximate surface area is 178 Å². The number of hydrogen-bond acceptors (Lipinski definition) is 14. The molecule has 1 saturated carbocycles. The summed E-state index contributed by atoms with van der Waals surface area (Å²) in [7, 11) is 0. The average Bonchev–Trinajstić information content (AvgIpc) is 3.02. The van der Waals surface area contributed by atoms with Gasteiger partial charge in [0.1, 0.15) is 48.8 Å². The van der Waals surface area contributed by atoms with Crippen molar-refractivity contribution in [3.63, 3.8) is 0 Å². The van der Waals surface area contributed by atoms with Gasteiger partial charge in [-0.15, -0.1) is 0 Å². The first-order valence-electron chi connectivity index (χ1n) is 10.2. The number of ether oxygens (including phenoxy) is 4. The van der Waals surface area contributed by atoms with Crippen molar-refractivity contribution in [1.29, 1.82) is 0 Å². The van der Waals surface area contributed by atoms with Crippen molar-refractivity contribution in [3.8, 4) is 0 Å². The van der Waals surface area contributed by atoms with E-state index in [1.54, 1.807) is 0 Å². The van der Waals surface area contributed by atoms with Crippen molar-refractivity contribution in [2.24, 2.45) is 22.9 Å². The normalized spacial score (nSPS) is 53.6. The number of aliphatic hydroxyl groups is 6. The minimum atomic E-state index is -1.46. The van der Waals surface area contributed by atoms with Crippen LogP contribution in [0.3, 0.4) is 0 Å². The van der Waals surface area contributed by atoms with Crippen LogP contribution in [0, 0.1) is 0 Å². The van der Waals surface area contributed by atoms with Gasteiger partial charge in [-0.25, -0.2) is 0 Å². The second kappa shape index (κ2) is 10.1. The molecule has 0 aromatic rings. The van der Waals surface area contributed by atoms with Crippen molar-refractivity contribution in [2.45, 2.75) is 92.1 Å². The quantitative estimate of drug-likeness (QED) is 0.179. The average molecular weight is 454 g/mol. The molecule has 3 rings (SSSR count). The molecular formula is C17H34N4O10. The zero-order valence-electron chi connectivity index (χ0n) is 16.8. The van der Waals surface area contributed by atoms with E-state index in [1.807, 2.05) is 0 Å². The molecule has 31 heavy (non-hydrogen) atoms. The fourth-order valence-electron chi connectivity index (χ4n) is 4.16. The number of hydrogen-bond donors (Lipinski definition) is 10. The lowest BCUT2D eigenvalue weighted by Gasteiger charge is -2.47. The molecule has 1 aliphatic carbocycles. The summed E-state index contributed by atoms with van der Waals surface area (Å²) in [5.74, 6) is 0. The van der Waals surface area contributed by atoms with Gasteiger partial charge < -0.3 is 72.5 Å². The Hall–Kier alpha value is -0.560. The molecule has 3 aliphatic rings. The maximum absolute atomic E-state index is 10.6. The highest BCUT2D eigenvalue weighted by atomic mass is 16.7. The number of nitrogens with two attached hydrogens (primary N) is 4. The summed E-state index contributed by atoms with van der Waals surface area (Å²) in [6, 6.07) is -2.76. The van der Waals surface area contributed by atoms with Gasteiger partial charge in [-0.2, -0.15) is 0 Å². The van der Waals surface area contributed by atoms with Crippen LogP contribution in [0.25, 0.3) is 0 Å². The Bertz CT molecular complexity index is 591. The predicted octanol–water partition coefficient (Wildman–Crippen LogP) is -6.65. The standard InChI is InChI=1S/C17H34N4O10/c18-2-6-10(24)13(27)17(28-6)31-15-9(23)4(19)1-5(20)14(15)30-16-8(21)12(26)11(25)7(3-22)29-16/h4-17,22-27H,1-3,18-21H2/t4-,5?,6-,7?,8?,9-,10?,11-,12-,13+,14-,15?,16-,17+/m1/s1. The van der Waals surface area contributed by atoms with E-state index in [1.165, 1.54) is 0 Å². The largest absolute Gasteiger partial charge is 0.394 e. The molecule has 0 spiro atoms. The van der Waals surface area contributed by atoms with Gasteiger partial charge in [-0.1, -0.05) is 0 Å². The Morgan fingerprint density at radius 3 is 1.87 bits per heavy atom. The molecule has 2 aliphatic heterocycles. The van der Waals surface area contributed by atoms with Gasteiger partial charge in [0.25, 0.3) is 0 Å². The van der Waals surface area contributed by atoms with E-state index in [4.69, 9.17) is 41.9 Å². The lowest BCUT2D eigenvalue weighted by molar-refractivity contribution is -0.310. The highest BCUT2D eigenvalue weighted by Gasteiger charge is 2.52. The van der Waals surface area contributed by atoms with Gasteiger partial charge in [0.15, 0.2) is 12.6 Å². The first-order valence-corrected chi connectivity index (χ1v) is 10.2. The van der Waals surface area contributed by atoms with Crippen LogP contribution in [-0.2, 0) is 18.9 Å². The van der Waals surface area contributed by atoms with Gasteiger partial charge in [0.2, 0.25) is 0 Å². The van der Waals surface area contributed by atoms with Gasteiger partial charge >= 0.3 is 0 Å². The lowest BCUT2D eigenvalue weighted by atomic mass is 9.84. The summed E-state index contributed by atoms with van der Waals surface area (Å²) in [6.07, 6.45) is -13.8. The van der Waals surface area contributed by atoms with Crippen molar-refractivity contribution >= 4 is 0 Å². The molecule has 14 heteroatoms. The third-order valence-electron chi connectivity index (χ3n) is 6.13. The molecule has 2 heterocycles. The minimum Gasteiger partial charge on any atom is -0.394 e. The SMILES string of the molecule is NC[C@H]1O[C@@H](OC2[C@H](O[C@H]3OC(CO)[C@@H](O)[C@H](O)C3N)C(N)C[C@@H](N)[C@H]2O)[C@@H](O)C1O. The zero-order valence-corrected chi connectivity index (χ0v) is 16.8. The summed E-state index contributed by atoms with van der Waals surface area (Å²) in [4.78, 5) is 0. The third kappa shape index (κ3) is 4.87. The highest BCUT2D eigenvalue weighted by Crippen LogP contribution is 2.31. The smallest absolute Gasteiger partial charge is 0.187 e. The molecule has 14 atom stereocenters. The van der Waals surface area contributed by atoms with E-state index in [0.717, 1.165) is 0 Å². The van der Waals surface area contributed by atoms with Crippen molar-refractivity contribution in [3.05, 3.63) is 0 Å². The Morgan fingerprint density at radius 2 is 1.29 bits per heavy atom. The Morgan fingerprint density at radius 1 is 0.710 bits per heavy atom. The molecule has 0 amide bonds. The monoisotopic (exact) mass is 454 g/mol. The molecule has 0 radical (unpaired) electrons. The molecular weight excluding hydrogens is 420 g/mol. The van der Waals surface area contributed by atoms with Crippen LogP contribution in [0.15, 0.2) is 0 Å². The summed E-state index contributed by atoms with van der Waals surface area (Å²) >= 11 is 0. The molecule has 0 bridgehead atoms. The van der Waals surface area contributed by atoms with Crippen LogP contribution < -0.4 is 22.9 Å². The Balaban J connectivity index is 1.78. The van der Waals surface area contributed by atoms with Crippen LogP contribution >= 0.6 is 0 Å². The van der Waals surface area contributed by atoms with Gasteiger partial charge in [0, 0.05) is 18.6 Å². The Kier molecular flexibility index (Phi) is 8.21. The van der Waals surface area contributed by atoms with E-state index in [0.29, 0.717) is 0 Å². The van der Waals surface area contributed by atoms with Crippen LogP contribution in [0.1, 0.15) is 6.42 Å². The fraction of sp³-hybridized carbons (Fsp3) is 1.00. The van der Waals surface area contributed by atoms with Crippen molar-refractivity contribution in [2.75, 3.05) is 13.2 Å². The summed E-state index contributed by atoms with van der Waals surface area (Å²) in [5.41, 5.74) is 23.6. The van der Waals surface area contributed by atoms with Crippen LogP contribution in [0.5, 0.6) is 0 Å². The van der Waals surface area contributed by atoms with E-state index < -0.39 is 92.2 Å². The van der Waals surface area contributed by atoms with E-state index >= 15 is 0 Å². The van der Waals surface area contributed by atoms with Gasteiger partial charge in [-0.3, -0.25) is 0 Å².